The number of hydrogen-bond acceptors (Lipinski definition) is 6. The molecule has 1 aliphatic carbocycles. The van der Waals surface area contributed by atoms with Crippen LogP contribution in [0.5, 0.6) is 11.5 Å². The summed E-state index contributed by atoms with van der Waals surface area (Å²) in [4.78, 5) is 20.5. The Hall–Kier alpha value is -2.83. The Morgan fingerprint density at radius 1 is 1.17 bits per heavy atom. The van der Waals surface area contributed by atoms with E-state index in [9.17, 15) is 4.79 Å². The summed E-state index contributed by atoms with van der Waals surface area (Å²) >= 11 is 0. The first-order valence-corrected chi connectivity index (χ1v) is 7.53. The average molecular weight is 312 g/mol. The van der Waals surface area contributed by atoms with Crippen molar-refractivity contribution in [2.24, 2.45) is 0 Å². The van der Waals surface area contributed by atoms with Gasteiger partial charge in [0, 0.05) is 12.6 Å². The van der Waals surface area contributed by atoms with Gasteiger partial charge in [0.25, 0.3) is 5.91 Å². The van der Waals surface area contributed by atoms with Gasteiger partial charge in [-0.25, -0.2) is 9.97 Å². The van der Waals surface area contributed by atoms with Crippen molar-refractivity contribution in [2.75, 3.05) is 12.1 Å². The Morgan fingerprint density at radius 3 is 2.83 bits per heavy atom. The molecule has 0 atom stereocenters. The molecule has 2 aromatic rings. The number of nitrogens with one attached hydrogen (secondary N) is 2. The molecule has 2 heterocycles. The van der Waals surface area contributed by atoms with E-state index >= 15 is 0 Å². The van der Waals surface area contributed by atoms with Crippen LogP contribution in [0.25, 0.3) is 0 Å². The van der Waals surface area contributed by atoms with Crippen molar-refractivity contribution in [3.8, 4) is 11.5 Å². The second kappa shape index (κ2) is 5.75. The van der Waals surface area contributed by atoms with Crippen molar-refractivity contribution < 1.29 is 14.3 Å². The number of carbonyl (C=O) groups excluding carboxylic acids is 1. The van der Waals surface area contributed by atoms with Crippen molar-refractivity contribution >= 4 is 11.7 Å². The third-order valence-electron chi connectivity index (χ3n) is 3.70. The second-order valence-corrected chi connectivity index (χ2v) is 5.58. The molecule has 1 aromatic carbocycles. The van der Waals surface area contributed by atoms with Gasteiger partial charge in [-0.05, 0) is 30.5 Å². The number of benzene rings is 1. The first kappa shape index (κ1) is 13.8. The number of anilines is 1. The van der Waals surface area contributed by atoms with Crippen LogP contribution in [0.3, 0.4) is 0 Å². The van der Waals surface area contributed by atoms with Gasteiger partial charge in [0.05, 0.1) is 12.4 Å². The van der Waals surface area contributed by atoms with Crippen LogP contribution >= 0.6 is 0 Å². The molecule has 4 rings (SSSR count). The fraction of sp³-hybridized carbons (Fsp3) is 0.312. The number of ether oxygens (including phenoxy) is 2. The molecule has 118 valence electrons. The zero-order valence-electron chi connectivity index (χ0n) is 12.4. The molecule has 2 aliphatic rings. The monoisotopic (exact) mass is 312 g/mol. The zero-order chi connectivity index (χ0) is 15.6. The maximum Gasteiger partial charge on any atom is 0.271 e. The first-order chi connectivity index (χ1) is 11.3. The normalized spacial score (nSPS) is 15.3. The van der Waals surface area contributed by atoms with E-state index in [2.05, 4.69) is 20.6 Å². The predicted octanol–water partition coefficient (Wildman–Crippen LogP) is 1.71. The molecular formula is C16H16N4O3. The van der Waals surface area contributed by atoms with Crippen LogP contribution in [-0.2, 0) is 6.54 Å². The van der Waals surface area contributed by atoms with Crippen LogP contribution in [0, 0.1) is 0 Å². The van der Waals surface area contributed by atoms with Crippen molar-refractivity contribution in [1.82, 2.24) is 15.3 Å². The fourth-order valence-electron chi connectivity index (χ4n) is 2.28. The van der Waals surface area contributed by atoms with E-state index in [0.717, 1.165) is 11.3 Å². The number of carbonyl (C=O) groups is 1. The number of nitrogens with zero attached hydrogens (tertiary/aromatic N) is 2. The van der Waals surface area contributed by atoms with E-state index < -0.39 is 0 Å². The van der Waals surface area contributed by atoms with Crippen molar-refractivity contribution in [1.29, 1.82) is 0 Å². The molecule has 1 fully saturated rings. The highest BCUT2D eigenvalue weighted by atomic mass is 16.7. The van der Waals surface area contributed by atoms with Crippen molar-refractivity contribution in [3.63, 3.8) is 0 Å². The lowest BCUT2D eigenvalue weighted by molar-refractivity contribution is 0.0945. The lowest BCUT2D eigenvalue weighted by Crippen LogP contribution is -2.24. The zero-order valence-corrected chi connectivity index (χ0v) is 12.4. The summed E-state index contributed by atoms with van der Waals surface area (Å²) in [5.41, 5.74) is 1.23. The summed E-state index contributed by atoms with van der Waals surface area (Å²) in [5, 5.41) is 6.05. The molecule has 1 aromatic heterocycles. The summed E-state index contributed by atoms with van der Waals surface area (Å²) in [5.74, 6) is 1.88. The van der Waals surface area contributed by atoms with Gasteiger partial charge in [-0.1, -0.05) is 6.07 Å². The third kappa shape index (κ3) is 3.18. The second-order valence-electron chi connectivity index (χ2n) is 5.58. The summed E-state index contributed by atoms with van der Waals surface area (Å²) in [6, 6.07) is 6.09. The molecule has 1 amide bonds. The van der Waals surface area contributed by atoms with E-state index in [1.54, 1.807) is 6.20 Å². The molecule has 1 saturated carbocycles. The molecule has 23 heavy (non-hydrogen) atoms. The topological polar surface area (TPSA) is 85.4 Å². The minimum absolute atomic E-state index is 0.238. The van der Waals surface area contributed by atoms with Crippen LogP contribution in [0.1, 0.15) is 28.9 Å². The van der Waals surface area contributed by atoms with E-state index in [1.165, 1.54) is 19.0 Å². The quantitative estimate of drug-likeness (QED) is 0.874. The van der Waals surface area contributed by atoms with E-state index in [4.69, 9.17) is 9.47 Å². The highest BCUT2D eigenvalue weighted by Crippen LogP contribution is 2.32. The minimum Gasteiger partial charge on any atom is -0.454 e. The lowest BCUT2D eigenvalue weighted by atomic mass is 10.2. The molecule has 0 bridgehead atoms. The van der Waals surface area contributed by atoms with Gasteiger partial charge in [-0.2, -0.15) is 0 Å². The standard InChI is InChI=1S/C16H16N4O3/c21-16(12-7-18-15(8-17-12)20-11-2-3-11)19-6-10-1-4-13-14(5-10)23-9-22-13/h1,4-5,7-8,11H,2-3,6,9H2,(H,18,20)(H,19,21). The Balaban J connectivity index is 1.35. The highest BCUT2D eigenvalue weighted by Gasteiger charge is 2.21. The highest BCUT2D eigenvalue weighted by molar-refractivity contribution is 5.91. The smallest absolute Gasteiger partial charge is 0.271 e. The molecule has 0 unspecified atom stereocenters. The van der Waals surface area contributed by atoms with Gasteiger partial charge in [0.1, 0.15) is 11.5 Å². The van der Waals surface area contributed by atoms with Crippen molar-refractivity contribution in [2.45, 2.75) is 25.4 Å². The molecule has 0 spiro atoms. The summed E-state index contributed by atoms with van der Waals surface area (Å²) in [6.45, 7) is 0.626. The summed E-state index contributed by atoms with van der Waals surface area (Å²) < 4.78 is 10.6. The van der Waals surface area contributed by atoms with E-state index in [1.807, 2.05) is 18.2 Å². The van der Waals surface area contributed by atoms with Crippen LogP contribution in [0.2, 0.25) is 0 Å². The molecule has 0 saturated heterocycles. The largest absolute Gasteiger partial charge is 0.454 e. The number of aromatic nitrogens is 2. The van der Waals surface area contributed by atoms with Gasteiger partial charge in [-0.15, -0.1) is 0 Å². The van der Waals surface area contributed by atoms with Crippen LogP contribution in [0.4, 0.5) is 5.82 Å². The maximum absolute atomic E-state index is 12.1. The Kier molecular flexibility index (Phi) is 3.45. The Labute approximate surface area is 133 Å². The van der Waals surface area contributed by atoms with Gasteiger partial charge >= 0.3 is 0 Å². The summed E-state index contributed by atoms with van der Waals surface area (Å²) in [7, 11) is 0. The molecule has 0 radical (unpaired) electrons. The molecule has 7 nitrogen and oxygen atoms in total. The van der Waals surface area contributed by atoms with Gasteiger partial charge in [-0.3, -0.25) is 4.79 Å². The van der Waals surface area contributed by atoms with E-state index in [0.29, 0.717) is 29.8 Å². The summed E-state index contributed by atoms with van der Waals surface area (Å²) in [6.07, 6.45) is 5.41. The van der Waals surface area contributed by atoms with Crippen LogP contribution in [-0.4, -0.2) is 28.7 Å². The molecule has 1 aliphatic heterocycles. The van der Waals surface area contributed by atoms with Gasteiger partial charge < -0.3 is 20.1 Å². The number of amides is 1. The first-order valence-electron chi connectivity index (χ1n) is 7.53. The van der Waals surface area contributed by atoms with Gasteiger partial charge in [0.2, 0.25) is 6.79 Å². The van der Waals surface area contributed by atoms with E-state index in [-0.39, 0.29) is 12.7 Å². The Morgan fingerprint density at radius 2 is 2.04 bits per heavy atom. The average Bonchev–Trinajstić information content (AvgIpc) is 3.27. The predicted molar refractivity (Wildman–Crippen MR) is 82.4 cm³/mol. The third-order valence-corrected chi connectivity index (χ3v) is 3.70. The number of rotatable bonds is 5. The maximum atomic E-state index is 12.1. The lowest BCUT2D eigenvalue weighted by Gasteiger charge is -2.07. The number of fused-ring (bicyclic) bond motifs is 1. The number of hydrogen-bond donors (Lipinski definition) is 2. The fourth-order valence-corrected chi connectivity index (χ4v) is 2.28. The van der Waals surface area contributed by atoms with Crippen LogP contribution in [0.15, 0.2) is 30.6 Å². The molecule has 2 N–H and O–H groups in total. The van der Waals surface area contributed by atoms with Crippen LogP contribution < -0.4 is 20.1 Å². The SMILES string of the molecule is O=C(NCc1ccc2c(c1)OCO2)c1cnc(NC2CC2)cn1. The van der Waals surface area contributed by atoms with Crippen molar-refractivity contribution in [3.05, 3.63) is 41.9 Å². The molecular weight excluding hydrogens is 296 g/mol. The molecule has 7 heteroatoms. The Bertz CT molecular complexity index is 729. The minimum atomic E-state index is -0.256. The van der Waals surface area contributed by atoms with Gasteiger partial charge in [0.15, 0.2) is 11.5 Å².